The van der Waals surface area contributed by atoms with Gasteiger partial charge >= 0.3 is 0 Å². The molecule has 0 atom stereocenters. The maximum absolute atomic E-state index is 11.8. The normalized spacial score (nSPS) is 18.6. The van der Waals surface area contributed by atoms with Gasteiger partial charge in [-0.2, -0.15) is 0 Å². The summed E-state index contributed by atoms with van der Waals surface area (Å²) in [6, 6.07) is 9.37. The molecule has 1 aliphatic rings. The summed E-state index contributed by atoms with van der Waals surface area (Å²) in [6.45, 7) is 0. The second-order valence-corrected chi connectivity index (χ2v) is 4.88. The molecule has 0 aromatic heterocycles. The molecule has 1 fully saturated rings. The van der Waals surface area contributed by atoms with Crippen LogP contribution in [0.3, 0.4) is 0 Å². The molecule has 0 saturated heterocycles. The van der Waals surface area contributed by atoms with Crippen molar-refractivity contribution in [3.63, 3.8) is 0 Å². The number of hydrogen-bond acceptors (Lipinski definition) is 2. The van der Waals surface area contributed by atoms with Crippen molar-refractivity contribution < 1.29 is 9.90 Å². The van der Waals surface area contributed by atoms with Gasteiger partial charge in [0.05, 0.1) is 12.0 Å². The van der Waals surface area contributed by atoms with Crippen molar-refractivity contribution in [3.8, 4) is 0 Å². The van der Waals surface area contributed by atoms with E-state index in [1.807, 2.05) is 30.3 Å². The van der Waals surface area contributed by atoms with Crippen molar-refractivity contribution in [1.82, 2.24) is 0 Å². The molecule has 0 bridgehead atoms. The number of nitrogens with one attached hydrogen (secondary N) is 1. The molecule has 92 valence electrons. The zero-order chi connectivity index (χ0) is 12.1. The highest BCUT2D eigenvalue weighted by molar-refractivity contribution is 5.91. The third-order valence-electron chi connectivity index (χ3n) is 3.33. The summed E-state index contributed by atoms with van der Waals surface area (Å²) in [7, 11) is 0. The lowest BCUT2D eigenvalue weighted by molar-refractivity contribution is -0.122. The van der Waals surface area contributed by atoms with Crippen LogP contribution in [0.2, 0.25) is 0 Å². The van der Waals surface area contributed by atoms with Crippen LogP contribution in [0.25, 0.3) is 0 Å². The van der Waals surface area contributed by atoms with Crippen LogP contribution in [0.1, 0.15) is 38.5 Å². The topological polar surface area (TPSA) is 49.3 Å². The van der Waals surface area contributed by atoms with Gasteiger partial charge in [-0.3, -0.25) is 4.79 Å². The van der Waals surface area contributed by atoms with Gasteiger partial charge in [0.15, 0.2) is 0 Å². The van der Waals surface area contributed by atoms with Gasteiger partial charge in [0.1, 0.15) is 0 Å². The van der Waals surface area contributed by atoms with E-state index < -0.39 is 5.60 Å². The lowest BCUT2D eigenvalue weighted by atomic mass is 9.82. The van der Waals surface area contributed by atoms with Crippen LogP contribution in [0.5, 0.6) is 0 Å². The molecular weight excluding hydrogens is 214 g/mol. The standard InChI is InChI=1S/C14H19NO2/c16-13(15-12-7-3-1-4-8-12)11-14(17)9-5-2-6-10-14/h1,3-4,7-8,17H,2,5-6,9-11H2,(H,15,16). The average Bonchev–Trinajstić information content (AvgIpc) is 2.30. The van der Waals surface area contributed by atoms with Gasteiger partial charge in [-0.1, -0.05) is 37.5 Å². The number of aliphatic hydroxyl groups is 1. The maximum atomic E-state index is 11.8. The molecule has 3 nitrogen and oxygen atoms in total. The largest absolute Gasteiger partial charge is 0.389 e. The number of rotatable bonds is 3. The Labute approximate surface area is 102 Å². The molecule has 1 aromatic rings. The smallest absolute Gasteiger partial charge is 0.227 e. The number of carbonyl (C=O) groups is 1. The van der Waals surface area contributed by atoms with E-state index in [9.17, 15) is 9.90 Å². The number of amides is 1. The van der Waals surface area contributed by atoms with Gasteiger partial charge in [-0.25, -0.2) is 0 Å². The molecule has 0 unspecified atom stereocenters. The number of carbonyl (C=O) groups excluding carboxylic acids is 1. The third-order valence-corrected chi connectivity index (χ3v) is 3.33. The van der Waals surface area contributed by atoms with Crippen LogP contribution in [0, 0.1) is 0 Å². The SMILES string of the molecule is O=C(CC1(O)CCCCC1)Nc1ccccc1. The molecule has 2 N–H and O–H groups in total. The predicted molar refractivity (Wildman–Crippen MR) is 67.7 cm³/mol. The highest BCUT2D eigenvalue weighted by Gasteiger charge is 2.31. The van der Waals surface area contributed by atoms with Crippen LogP contribution in [-0.2, 0) is 4.79 Å². The number of benzene rings is 1. The van der Waals surface area contributed by atoms with E-state index >= 15 is 0 Å². The molecule has 0 aliphatic heterocycles. The summed E-state index contributed by atoms with van der Waals surface area (Å²) in [5.41, 5.74) is 0.00816. The van der Waals surface area contributed by atoms with E-state index in [-0.39, 0.29) is 12.3 Å². The minimum Gasteiger partial charge on any atom is -0.389 e. The van der Waals surface area contributed by atoms with Crippen molar-refractivity contribution in [2.75, 3.05) is 5.32 Å². The molecule has 0 spiro atoms. The van der Waals surface area contributed by atoms with E-state index in [0.29, 0.717) is 0 Å². The van der Waals surface area contributed by atoms with E-state index in [1.54, 1.807) is 0 Å². The minimum atomic E-state index is -0.781. The summed E-state index contributed by atoms with van der Waals surface area (Å²) in [6.07, 6.45) is 4.92. The average molecular weight is 233 g/mol. The Morgan fingerprint density at radius 3 is 2.47 bits per heavy atom. The first kappa shape index (κ1) is 12.1. The van der Waals surface area contributed by atoms with Crippen LogP contribution >= 0.6 is 0 Å². The van der Waals surface area contributed by atoms with E-state index in [1.165, 1.54) is 6.42 Å². The van der Waals surface area contributed by atoms with Gasteiger partial charge in [-0.15, -0.1) is 0 Å². The highest BCUT2D eigenvalue weighted by Crippen LogP contribution is 2.31. The van der Waals surface area contributed by atoms with Gasteiger partial charge in [0.2, 0.25) is 5.91 Å². The second kappa shape index (κ2) is 5.32. The fourth-order valence-electron chi connectivity index (χ4n) is 2.41. The summed E-state index contributed by atoms with van der Waals surface area (Å²) < 4.78 is 0. The van der Waals surface area contributed by atoms with Gasteiger partial charge < -0.3 is 10.4 Å². The first-order valence-corrected chi connectivity index (χ1v) is 6.25. The molecule has 0 heterocycles. The maximum Gasteiger partial charge on any atom is 0.227 e. The quantitative estimate of drug-likeness (QED) is 0.843. The number of para-hydroxylation sites is 1. The van der Waals surface area contributed by atoms with Crippen molar-refractivity contribution in [2.45, 2.75) is 44.1 Å². The summed E-state index contributed by atoms with van der Waals surface area (Å²) in [5, 5.41) is 13.1. The minimum absolute atomic E-state index is 0.0967. The molecular formula is C14H19NO2. The second-order valence-electron chi connectivity index (χ2n) is 4.88. The molecule has 17 heavy (non-hydrogen) atoms. The zero-order valence-corrected chi connectivity index (χ0v) is 9.98. The Morgan fingerprint density at radius 2 is 1.82 bits per heavy atom. The summed E-state index contributed by atoms with van der Waals surface area (Å²) in [5.74, 6) is -0.0967. The summed E-state index contributed by atoms with van der Waals surface area (Å²) >= 11 is 0. The van der Waals surface area contributed by atoms with Crippen molar-refractivity contribution >= 4 is 11.6 Å². The van der Waals surface area contributed by atoms with Gasteiger partial charge in [0, 0.05) is 5.69 Å². The van der Waals surface area contributed by atoms with Gasteiger partial charge in [-0.05, 0) is 25.0 Å². The van der Waals surface area contributed by atoms with Crippen molar-refractivity contribution in [3.05, 3.63) is 30.3 Å². The lowest BCUT2D eigenvalue weighted by Crippen LogP contribution is -2.35. The molecule has 1 saturated carbocycles. The Hall–Kier alpha value is -1.35. The molecule has 2 rings (SSSR count). The fraction of sp³-hybridized carbons (Fsp3) is 0.500. The number of anilines is 1. The van der Waals surface area contributed by atoms with E-state index in [4.69, 9.17) is 0 Å². The van der Waals surface area contributed by atoms with Crippen LogP contribution in [0.4, 0.5) is 5.69 Å². The third kappa shape index (κ3) is 3.56. The first-order chi connectivity index (χ1) is 8.18. The monoisotopic (exact) mass is 233 g/mol. The van der Waals surface area contributed by atoms with Gasteiger partial charge in [0.25, 0.3) is 0 Å². The van der Waals surface area contributed by atoms with E-state index in [2.05, 4.69) is 5.32 Å². The van der Waals surface area contributed by atoms with E-state index in [0.717, 1.165) is 31.4 Å². The molecule has 1 aromatic carbocycles. The number of hydrogen-bond donors (Lipinski definition) is 2. The van der Waals surface area contributed by atoms with Crippen LogP contribution in [-0.4, -0.2) is 16.6 Å². The zero-order valence-electron chi connectivity index (χ0n) is 9.98. The fourth-order valence-corrected chi connectivity index (χ4v) is 2.41. The summed E-state index contributed by atoms with van der Waals surface area (Å²) in [4.78, 5) is 11.8. The Kier molecular flexibility index (Phi) is 3.79. The molecule has 0 radical (unpaired) electrons. The van der Waals surface area contributed by atoms with Crippen LogP contribution in [0.15, 0.2) is 30.3 Å². The molecule has 1 aliphatic carbocycles. The predicted octanol–water partition coefficient (Wildman–Crippen LogP) is 2.71. The first-order valence-electron chi connectivity index (χ1n) is 6.25. The van der Waals surface area contributed by atoms with Crippen LogP contribution < -0.4 is 5.32 Å². The Bertz CT molecular complexity index is 369. The van der Waals surface area contributed by atoms with Crippen molar-refractivity contribution in [1.29, 1.82) is 0 Å². The Morgan fingerprint density at radius 1 is 1.18 bits per heavy atom. The Balaban J connectivity index is 1.88. The molecule has 3 heteroatoms. The highest BCUT2D eigenvalue weighted by atomic mass is 16.3. The molecule has 1 amide bonds. The van der Waals surface area contributed by atoms with Crippen molar-refractivity contribution in [2.24, 2.45) is 0 Å². The lowest BCUT2D eigenvalue weighted by Gasteiger charge is -2.31.